The lowest BCUT2D eigenvalue weighted by Crippen LogP contribution is -2.43. The highest BCUT2D eigenvalue weighted by molar-refractivity contribution is 6.72. The van der Waals surface area contributed by atoms with E-state index in [0.29, 0.717) is 0 Å². The van der Waals surface area contributed by atoms with Crippen LogP contribution in [0.25, 0.3) is 0 Å². The Kier molecular flexibility index (Phi) is 4.08. The molecular formula is C30H33BNO2. The quantitative estimate of drug-likeness (QED) is 0.228. The summed E-state index contributed by atoms with van der Waals surface area (Å²) in [6.07, 6.45) is 0. The van der Waals surface area contributed by atoms with Gasteiger partial charge in [0.15, 0.2) is 30.3 Å². The Morgan fingerprint density at radius 2 is 0.824 bits per heavy atom. The summed E-state index contributed by atoms with van der Waals surface area (Å²) in [5.41, 5.74) is 9.41. The molecule has 6 rings (SSSR count). The van der Waals surface area contributed by atoms with Gasteiger partial charge in [-0.05, 0) is 57.2 Å². The van der Waals surface area contributed by atoms with E-state index in [2.05, 4.69) is 111 Å². The van der Waals surface area contributed by atoms with Gasteiger partial charge in [0.2, 0.25) is 0 Å². The van der Waals surface area contributed by atoms with Crippen LogP contribution in [0.2, 0.25) is 0 Å². The van der Waals surface area contributed by atoms with Gasteiger partial charge in [-0.1, -0.05) is 85.4 Å². The van der Waals surface area contributed by atoms with Crippen LogP contribution < -0.4 is 25.3 Å². The standard InChI is InChI=1S/C30H33BNO2/c1-28(2,3)16-10-19-25-21(12-16)33-23-14-18(30(7,8)9)15-24-27(23)32(25)26-20(31-19)11-17(29(4,5)6)13-22(26)34-24/h10-15H,1-9H3. The Hall–Kier alpha value is -2.88. The summed E-state index contributed by atoms with van der Waals surface area (Å²) in [4.78, 5) is 2.39. The third-order valence-corrected chi connectivity index (χ3v) is 7.27. The molecule has 4 heteroatoms. The fourth-order valence-electron chi connectivity index (χ4n) is 5.11. The second-order valence-corrected chi connectivity index (χ2v) is 13.1. The average molecular weight is 450 g/mol. The van der Waals surface area contributed by atoms with Crippen LogP contribution in [-0.4, -0.2) is 7.28 Å². The highest BCUT2D eigenvalue weighted by atomic mass is 16.5. The number of hydrogen-bond donors (Lipinski definition) is 0. The lowest BCUT2D eigenvalue weighted by Gasteiger charge is -2.44. The molecule has 3 aliphatic rings. The predicted octanol–water partition coefficient (Wildman–Crippen LogP) is 7.23. The number of rotatable bonds is 0. The van der Waals surface area contributed by atoms with Gasteiger partial charge in [0.05, 0.1) is 11.4 Å². The monoisotopic (exact) mass is 450 g/mol. The Balaban J connectivity index is 1.69. The van der Waals surface area contributed by atoms with Gasteiger partial charge in [-0.25, -0.2) is 0 Å². The largest absolute Gasteiger partial charge is 0.453 e. The third kappa shape index (κ3) is 3.04. The van der Waals surface area contributed by atoms with Crippen LogP contribution in [0.5, 0.6) is 23.0 Å². The normalized spacial score (nSPS) is 15.3. The molecule has 0 unspecified atom stereocenters. The SMILES string of the molecule is CC(C)(C)c1cc2c3c(c1)Oc1cc(C(C)(C)C)cc4c1N3c1c(cc(C(C)(C)C)cc1O4)[B]2. The van der Waals surface area contributed by atoms with Crippen LogP contribution in [0.4, 0.5) is 17.1 Å². The molecule has 0 N–H and O–H groups in total. The number of anilines is 3. The Morgan fingerprint density at radius 1 is 0.500 bits per heavy atom. The van der Waals surface area contributed by atoms with Crippen LogP contribution in [0.3, 0.4) is 0 Å². The molecule has 0 spiro atoms. The van der Waals surface area contributed by atoms with E-state index in [1.165, 1.54) is 27.6 Å². The minimum absolute atomic E-state index is 0.0190. The molecule has 0 aromatic heterocycles. The molecule has 0 atom stereocenters. The molecule has 3 aromatic rings. The van der Waals surface area contributed by atoms with Crippen molar-refractivity contribution in [3.63, 3.8) is 0 Å². The van der Waals surface area contributed by atoms with Gasteiger partial charge in [-0.3, -0.25) is 4.90 Å². The lowest BCUT2D eigenvalue weighted by atomic mass is 9.58. The third-order valence-electron chi connectivity index (χ3n) is 7.27. The topological polar surface area (TPSA) is 21.7 Å². The van der Waals surface area contributed by atoms with E-state index < -0.39 is 0 Å². The highest BCUT2D eigenvalue weighted by Gasteiger charge is 2.42. The van der Waals surface area contributed by atoms with Crippen LogP contribution >= 0.6 is 0 Å². The van der Waals surface area contributed by atoms with Crippen molar-refractivity contribution in [1.82, 2.24) is 0 Å². The molecule has 0 saturated heterocycles. The molecule has 0 aliphatic carbocycles. The van der Waals surface area contributed by atoms with E-state index in [1.807, 2.05) is 0 Å². The summed E-state index contributed by atoms with van der Waals surface area (Å²) in [7, 11) is 2.31. The van der Waals surface area contributed by atoms with E-state index in [0.717, 1.165) is 40.1 Å². The summed E-state index contributed by atoms with van der Waals surface area (Å²) in [5, 5.41) is 0. The van der Waals surface area contributed by atoms with Crippen LogP contribution in [0.1, 0.15) is 79.0 Å². The van der Waals surface area contributed by atoms with Crippen molar-refractivity contribution in [2.75, 3.05) is 4.90 Å². The smallest absolute Gasteiger partial charge is 0.197 e. The Morgan fingerprint density at radius 3 is 1.18 bits per heavy atom. The second-order valence-electron chi connectivity index (χ2n) is 13.1. The van der Waals surface area contributed by atoms with Gasteiger partial charge >= 0.3 is 0 Å². The van der Waals surface area contributed by atoms with E-state index in [4.69, 9.17) is 9.47 Å². The van der Waals surface area contributed by atoms with Crippen molar-refractivity contribution in [2.24, 2.45) is 0 Å². The van der Waals surface area contributed by atoms with E-state index in [-0.39, 0.29) is 16.2 Å². The van der Waals surface area contributed by atoms with Gasteiger partial charge in [0, 0.05) is 0 Å². The van der Waals surface area contributed by atoms with Crippen molar-refractivity contribution < 1.29 is 9.47 Å². The molecule has 0 fully saturated rings. The molecule has 0 saturated carbocycles. The first-order valence-corrected chi connectivity index (χ1v) is 12.3. The fraction of sp³-hybridized carbons (Fsp3) is 0.400. The average Bonchev–Trinajstić information content (AvgIpc) is 2.70. The van der Waals surface area contributed by atoms with Gasteiger partial charge in [-0.15, -0.1) is 0 Å². The number of nitrogens with zero attached hydrogens (tertiary/aromatic N) is 1. The summed E-state index contributed by atoms with van der Waals surface area (Å²) in [6, 6.07) is 13.5. The first-order chi connectivity index (χ1) is 15.7. The van der Waals surface area contributed by atoms with Crippen molar-refractivity contribution in [2.45, 2.75) is 78.6 Å². The van der Waals surface area contributed by atoms with E-state index in [1.54, 1.807) is 0 Å². The van der Waals surface area contributed by atoms with Crippen LogP contribution in [0, 0.1) is 0 Å². The van der Waals surface area contributed by atoms with Crippen molar-refractivity contribution in [1.29, 1.82) is 0 Å². The zero-order valence-corrected chi connectivity index (χ0v) is 21.8. The first-order valence-electron chi connectivity index (χ1n) is 12.3. The van der Waals surface area contributed by atoms with Gasteiger partial charge in [-0.2, -0.15) is 0 Å². The van der Waals surface area contributed by atoms with Gasteiger partial charge < -0.3 is 9.47 Å². The molecule has 0 bridgehead atoms. The Bertz CT molecular complexity index is 1140. The van der Waals surface area contributed by atoms with Crippen LogP contribution in [-0.2, 0) is 16.2 Å². The molecular weight excluding hydrogens is 417 g/mol. The molecule has 3 heterocycles. The maximum absolute atomic E-state index is 6.66. The number of hydrogen-bond acceptors (Lipinski definition) is 3. The minimum Gasteiger partial charge on any atom is -0.453 e. The lowest BCUT2D eigenvalue weighted by molar-refractivity contribution is 0.438. The van der Waals surface area contributed by atoms with Crippen molar-refractivity contribution in [3.05, 3.63) is 53.1 Å². The summed E-state index contributed by atoms with van der Waals surface area (Å²) in [6.45, 7) is 20.3. The van der Waals surface area contributed by atoms with Crippen LogP contribution in [0.15, 0.2) is 36.4 Å². The predicted molar refractivity (Wildman–Crippen MR) is 142 cm³/mol. The Labute approximate surface area is 204 Å². The van der Waals surface area contributed by atoms with Gasteiger partial charge in [0.25, 0.3) is 0 Å². The number of ether oxygens (including phenoxy) is 2. The number of benzene rings is 3. The molecule has 34 heavy (non-hydrogen) atoms. The van der Waals surface area contributed by atoms with Gasteiger partial charge in [0.1, 0.15) is 5.69 Å². The minimum atomic E-state index is -0.0225. The second kappa shape index (κ2) is 6.41. The zero-order chi connectivity index (χ0) is 24.4. The summed E-state index contributed by atoms with van der Waals surface area (Å²) in [5.74, 6) is 3.57. The molecule has 3 aliphatic heterocycles. The molecule has 3 aromatic carbocycles. The maximum atomic E-state index is 6.66. The molecule has 3 nitrogen and oxygen atoms in total. The van der Waals surface area contributed by atoms with Crippen molar-refractivity contribution in [3.8, 4) is 23.0 Å². The molecule has 0 amide bonds. The molecule has 173 valence electrons. The van der Waals surface area contributed by atoms with Crippen molar-refractivity contribution >= 4 is 35.3 Å². The highest BCUT2D eigenvalue weighted by Crippen LogP contribution is 2.61. The summed E-state index contributed by atoms with van der Waals surface area (Å²) >= 11 is 0. The zero-order valence-electron chi connectivity index (χ0n) is 21.8. The summed E-state index contributed by atoms with van der Waals surface area (Å²) < 4.78 is 13.3. The first kappa shape index (κ1) is 21.6. The molecule has 1 radical (unpaired) electrons. The fourth-order valence-corrected chi connectivity index (χ4v) is 5.11. The maximum Gasteiger partial charge on any atom is 0.197 e. The van der Waals surface area contributed by atoms with E-state index in [9.17, 15) is 0 Å². The van der Waals surface area contributed by atoms with E-state index >= 15 is 0 Å².